The van der Waals surface area contributed by atoms with Crippen LogP contribution >= 0.6 is 0 Å². The minimum absolute atomic E-state index is 0. The Morgan fingerprint density at radius 1 is 0.649 bits per heavy atom. The lowest BCUT2D eigenvalue weighted by atomic mass is 9.91. The first kappa shape index (κ1) is 57.8. The molecule has 11 heteroatoms. The van der Waals surface area contributed by atoms with Crippen molar-refractivity contribution < 1.29 is 28.4 Å². The summed E-state index contributed by atoms with van der Waals surface area (Å²) in [5.74, 6) is 1.10. The van der Waals surface area contributed by atoms with Crippen LogP contribution in [0.1, 0.15) is 175 Å². The van der Waals surface area contributed by atoms with Gasteiger partial charge in [-0.1, -0.05) is 41.2 Å². The molecule has 1 aromatic rings. The van der Waals surface area contributed by atoms with E-state index in [2.05, 4.69) is 42.0 Å². The van der Waals surface area contributed by atoms with Gasteiger partial charge in [0.05, 0.1) is 6.42 Å². The first-order valence-corrected chi connectivity index (χ1v) is 20.3. The summed E-state index contributed by atoms with van der Waals surface area (Å²) in [4.78, 5) is 57.5. The van der Waals surface area contributed by atoms with Crippen molar-refractivity contribution in [2.75, 3.05) is 13.1 Å². The van der Waals surface area contributed by atoms with Crippen molar-refractivity contribution in [3.8, 4) is 0 Å². The van der Waals surface area contributed by atoms with E-state index in [1.807, 2.05) is 103 Å². The quantitative estimate of drug-likeness (QED) is 0.241. The van der Waals surface area contributed by atoms with E-state index in [0.29, 0.717) is 30.5 Å². The molecule has 0 aromatic heterocycles. The topological polar surface area (TPSA) is 137 Å². The van der Waals surface area contributed by atoms with Gasteiger partial charge in [0.25, 0.3) is 0 Å². The third-order valence-corrected chi connectivity index (χ3v) is 7.98. The SMILES string of the molecule is C.CC(=O)N1CCC(C(=O)NC(C)(C)C)CC1.CC(=O)NC(C)(C)C.CC(C)(C)C1CC1.CCC(=O)NC(C)(C)C.Cc1cc(F)cc(CC(=O)NC(C)(C)C)c1. The molecule has 57 heavy (non-hydrogen) atoms. The zero-order valence-corrected chi connectivity index (χ0v) is 38.9. The van der Waals surface area contributed by atoms with Gasteiger partial charge in [-0.3, -0.25) is 24.0 Å². The zero-order valence-electron chi connectivity index (χ0n) is 38.9. The van der Waals surface area contributed by atoms with Crippen molar-refractivity contribution in [3.05, 3.63) is 35.1 Å². The smallest absolute Gasteiger partial charge is 0.224 e. The van der Waals surface area contributed by atoms with Gasteiger partial charge in [-0.15, -0.1) is 0 Å². The Balaban J connectivity index is -0.000000664. The van der Waals surface area contributed by atoms with Crippen LogP contribution in [0.5, 0.6) is 0 Å². The summed E-state index contributed by atoms with van der Waals surface area (Å²) in [6.07, 6.45) is 5.29. The fourth-order valence-electron chi connectivity index (χ4n) is 5.47. The molecule has 1 saturated carbocycles. The van der Waals surface area contributed by atoms with Gasteiger partial charge in [-0.2, -0.15) is 0 Å². The Labute approximate surface area is 348 Å². The summed E-state index contributed by atoms with van der Waals surface area (Å²) >= 11 is 0. The van der Waals surface area contributed by atoms with Gasteiger partial charge in [-0.25, -0.2) is 4.39 Å². The number of halogens is 1. The first-order chi connectivity index (χ1) is 25.0. The molecule has 1 heterocycles. The van der Waals surface area contributed by atoms with Crippen LogP contribution in [-0.4, -0.2) is 69.7 Å². The molecule has 0 spiro atoms. The third kappa shape index (κ3) is 35.4. The van der Waals surface area contributed by atoms with Crippen molar-refractivity contribution in [1.29, 1.82) is 0 Å². The van der Waals surface area contributed by atoms with Gasteiger partial charge in [0.15, 0.2) is 0 Å². The number of aryl methyl sites for hydroxylation is 1. The van der Waals surface area contributed by atoms with Crippen molar-refractivity contribution in [3.63, 3.8) is 0 Å². The lowest BCUT2D eigenvalue weighted by molar-refractivity contribution is -0.134. The number of benzene rings is 1. The van der Waals surface area contributed by atoms with E-state index in [4.69, 9.17) is 0 Å². The Morgan fingerprint density at radius 2 is 1.07 bits per heavy atom. The van der Waals surface area contributed by atoms with Crippen LogP contribution in [0, 0.1) is 30.0 Å². The summed E-state index contributed by atoms with van der Waals surface area (Å²) in [7, 11) is 0. The van der Waals surface area contributed by atoms with E-state index in [-0.39, 0.29) is 77.3 Å². The van der Waals surface area contributed by atoms with Crippen LogP contribution in [-0.2, 0) is 30.4 Å². The van der Waals surface area contributed by atoms with E-state index < -0.39 is 0 Å². The van der Waals surface area contributed by atoms with Gasteiger partial charge in [0.1, 0.15) is 5.82 Å². The predicted molar refractivity (Wildman–Crippen MR) is 236 cm³/mol. The largest absolute Gasteiger partial charge is 0.352 e. The Bertz CT molecular complexity index is 1360. The number of hydrogen-bond donors (Lipinski definition) is 4. The van der Waals surface area contributed by atoms with Crippen LogP contribution in [0.2, 0.25) is 0 Å². The predicted octanol–water partition coefficient (Wildman–Crippen LogP) is 9.06. The highest BCUT2D eigenvalue weighted by atomic mass is 19.1. The molecule has 0 bridgehead atoms. The zero-order chi connectivity index (χ0) is 44.5. The molecule has 4 N–H and O–H groups in total. The van der Waals surface area contributed by atoms with E-state index >= 15 is 0 Å². The molecule has 1 saturated heterocycles. The molecular formula is C46H86FN5O5. The minimum Gasteiger partial charge on any atom is -0.352 e. The highest BCUT2D eigenvalue weighted by molar-refractivity contribution is 5.80. The van der Waals surface area contributed by atoms with Crippen LogP contribution in [0.3, 0.4) is 0 Å². The summed E-state index contributed by atoms with van der Waals surface area (Å²) < 4.78 is 13.1. The van der Waals surface area contributed by atoms with Gasteiger partial charge in [-0.05, 0) is 150 Å². The molecule has 0 atom stereocenters. The van der Waals surface area contributed by atoms with Crippen molar-refractivity contribution in [1.82, 2.24) is 26.2 Å². The number of nitrogens with zero attached hydrogens (tertiary/aromatic N) is 1. The Hall–Kier alpha value is -3.50. The number of piperidine rings is 1. The number of amides is 5. The van der Waals surface area contributed by atoms with Crippen LogP contribution in [0.4, 0.5) is 4.39 Å². The average molecular weight is 808 g/mol. The van der Waals surface area contributed by atoms with Crippen LogP contribution in [0.25, 0.3) is 0 Å². The summed E-state index contributed by atoms with van der Waals surface area (Å²) in [6, 6.07) is 4.67. The third-order valence-electron chi connectivity index (χ3n) is 7.98. The second-order valence-electron chi connectivity index (χ2n) is 20.4. The minimum atomic E-state index is -0.293. The van der Waals surface area contributed by atoms with Gasteiger partial charge in [0.2, 0.25) is 29.5 Å². The first-order valence-electron chi connectivity index (χ1n) is 20.3. The molecule has 2 fully saturated rings. The molecular weight excluding hydrogens is 722 g/mol. The van der Waals surface area contributed by atoms with E-state index in [0.717, 1.165) is 24.3 Å². The fourth-order valence-corrected chi connectivity index (χ4v) is 5.47. The Morgan fingerprint density at radius 3 is 1.33 bits per heavy atom. The number of carbonyl (C=O) groups excluding carboxylic acids is 5. The van der Waals surface area contributed by atoms with Gasteiger partial charge >= 0.3 is 0 Å². The number of carbonyl (C=O) groups is 5. The molecule has 1 aromatic carbocycles. The Kier molecular flexibility index (Phi) is 25.4. The second-order valence-corrected chi connectivity index (χ2v) is 20.4. The number of likely N-dealkylation sites (tertiary alicyclic amines) is 1. The fraction of sp³-hybridized carbons (Fsp3) is 0.761. The monoisotopic (exact) mass is 808 g/mol. The van der Waals surface area contributed by atoms with Crippen LogP contribution in [0.15, 0.2) is 18.2 Å². The summed E-state index contributed by atoms with van der Waals surface area (Å²) in [5, 5.41) is 11.4. The molecule has 1 aliphatic carbocycles. The maximum atomic E-state index is 13.1. The van der Waals surface area contributed by atoms with Gasteiger partial charge in [0, 0.05) is 61.4 Å². The van der Waals surface area contributed by atoms with Crippen molar-refractivity contribution >= 4 is 29.5 Å². The highest BCUT2D eigenvalue weighted by Crippen LogP contribution is 2.44. The van der Waals surface area contributed by atoms with Crippen molar-refractivity contribution in [2.24, 2.45) is 17.3 Å². The maximum absolute atomic E-state index is 13.1. The molecule has 3 rings (SSSR count). The van der Waals surface area contributed by atoms with E-state index in [1.54, 1.807) is 11.8 Å². The van der Waals surface area contributed by atoms with Crippen LogP contribution < -0.4 is 21.3 Å². The molecule has 0 unspecified atom stereocenters. The molecule has 2 aliphatic rings. The maximum Gasteiger partial charge on any atom is 0.224 e. The second kappa shape index (κ2) is 25.1. The molecule has 1 aliphatic heterocycles. The van der Waals surface area contributed by atoms with Gasteiger partial charge < -0.3 is 26.2 Å². The molecule has 10 nitrogen and oxygen atoms in total. The lowest BCUT2D eigenvalue weighted by Gasteiger charge is -2.32. The van der Waals surface area contributed by atoms with E-state index in [1.165, 1.54) is 31.9 Å². The average Bonchev–Trinajstić information content (AvgIpc) is 3.80. The lowest BCUT2D eigenvalue weighted by Crippen LogP contribution is -2.47. The molecule has 0 radical (unpaired) electrons. The van der Waals surface area contributed by atoms with E-state index in [9.17, 15) is 28.4 Å². The summed E-state index contributed by atoms with van der Waals surface area (Å²) in [6.45, 7) is 38.6. The normalized spacial score (nSPS) is 14.4. The highest BCUT2D eigenvalue weighted by Gasteiger charge is 2.33. The number of nitrogens with one attached hydrogen (secondary N) is 4. The number of hydrogen-bond acceptors (Lipinski definition) is 5. The van der Waals surface area contributed by atoms with Crippen molar-refractivity contribution in [2.45, 2.75) is 200 Å². The molecule has 332 valence electrons. The molecule has 5 amide bonds. The standard InChI is InChI=1S/C13H18FNO.C12H22N2O2.C7H15NO.C7H14.C6H13NO.CH4/c1-9-5-10(7-11(14)6-9)8-12(16)15-13(2,3)4;1-9(15)14-7-5-10(6-8-14)11(16)13-12(2,3)4;1-5-6(9)8-7(2,3)4;1-7(2,3)6-4-5-6;1-5(8)7-6(2,3)4;/h5-7H,8H2,1-4H3,(H,15,16);10H,5-8H2,1-4H3,(H,13,16);5H2,1-4H3,(H,8,9);6H,4-5H2,1-3H3;1-4H3,(H,7,8);1H4. The summed E-state index contributed by atoms with van der Waals surface area (Å²) in [5.41, 5.74) is 1.57. The number of rotatable bonds is 4.